The van der Waals surface area contributed by atoms with Gasteiger partial charge in [0.15, 0.2) is 5.78 Å². The molecule has 14 heavy (non-hydrogen) atoms. The van der Waals surface area contributed by atoms with Crippen LogP contribution in [0.2, 0.25) is 0 Å². The molecule has 0 saturated heterocycles. The van der Waals surface area contributed by atoms with Crippen LogP contribution in [0.25, 0.3) is 0 Å². The highest BCUT2D eigenvalue weighted by Gasteiger charge is 2.13. The van der Waals surface area contributed by atoms with Gasteiger partial charge in [0.25, 0.3) is 0 Å². The molecular formula is C10H7BrClNO. The van der Waals surface area contributed by atoms with Gasteiger partial charge in [-0.15, -0.1) is 11.6 Å². The van der Waals surface area contributed by atoms with Crippen LogP contribution in [0.5, 0.6) is 0 Å². The van der Waals surface area contributed by atoms with Crippen LogP contribution in [0.15, 0.2) is 22.7 Å². The van der Waals surface area contributed by atoms with Gasteiger partial charge in [0.05, 0.1) is 10.9 Å². The Balaban J connectivity index is 3.15. The molecule has 0 spiro atoms. The van der Waals surface area contributed by atoms with Gasteiger partial charge in [-0.2, -0.15) is 5.26 Å². The topological polar surface area (TPSA) is 40.9 Å². The van der Waals surface area contributed by atoms with Gasteiger partial charge < -0.3 is 0 Å². The Bertz CT molecular complexity index is 409. The summed E-state index contributed by atoms with van der Waals surface area (Å²) in [6.07, 6.45) is 0. The highest BCUT2D eigenvalue weighted by Crippen LogP contribution is 2.19. The lowest BCUT2D eigenvalue weighted by Crippen LogP contribution is -2.10. The Morgan fingerprint density at radius 1 is 1.64 bits per heavy atom. The van der Waals surface area contributed by atoms with Crippen molar-refractivity contribution in [1.29, 1.82) is 5.26 Å². The Kier molecular flexibility index (Phi) is 3.68. The number of Topliss-reactive ketones (excluding diaryl/α,β-unsaturated/α-hetero) is 1. The number of alkyl halides is 1. The van der Waals surface area contributed by atoms with Crippen LogP contribution in [0.3, 0.4) is 0 Å². The zero-order valence-corrected chi connectivity index (χ0v) is 9.76. The average Bonchev–Trinajstić information content (AvgIpc) is 2.17. The molecule has 0 saturated carbocycles. The van der Waals surface area contributed by atoms with Crippen LogP contribution < -0.4 is 0 Å². The van der Waals surface area contributed by atoms with Crippen LogP contribution in [0.1, 0.15) is 22.8 Å². The highest BCUT2D eigenvalue weighted by atomic mass is 79.9. The molecule has 1 atom stereocenters. The maximum Gasteiger partial charge on any atom is 0.180 e. The molecule has 1 rings (SSSR count). The molecule has 2 nitrogen and oxygen atoms in total. The maximum atomic E-state index is 11.5. The van der Waals surface area contributed by atoms with E-state index in [0.29, 0.717) is 15.6 Å². The molecule has 0 radical (unpaired) electrons. The van der Waals surface area contributed by atoms with Crippen LogP contribution in [0.4, 0.5) is 0 Å². The Hall–Kier alpha value is -0.850. The van der Waals surface area contributed by atoms with Crippen molar-refractivity contribution in [2.75, 3.05) is 0 Å². The number of halogens is 2. The third kappa shape index (κ3) is 2.34. The van der Waals surface area contributed by atoms with E-state index in [1.807, 2.05) is 6.07 Å². The summed E-state index contributed by atoms with van der Waals surface area (Å²) in [6.45, 7) is 1.61. The number of carbonyl (C=O) groups excluding carboxylic acids is 1. The van der Waals surface area contributed by atoms with Gasteiger partial charge in [0, 0.05) is 10.0 Å². The molecule has 1 aromatic rings. The highest BCUT2D eigenvalue weighted by molar-refractivity contribution is 9.10. The quantitative estimate of drug-likeness (QED) is 0.613. The lowest BCUT2D eigenvalue weighted by Gasteiger charge is -2.03. The smallest absolute Gasteiger partial charge is 0.180 e. The van der Waals surface area contributed by atoms with E-state index in [4.69, 9.17) is 16.9 Å². The molecule has 0 fully saturated rings. The van der Waals surface area contributed by atoms with E-state index in [0.717, 1.165) is 0 Å². The maximum absolute atomic E-state index is 11.5. The number of nitriles is 1. The van der Waals surface area contributed by atoms with Crippen LogP contribution in [-0.4, -0.2) is 11.2 Å². The fourth-order valence-electron chi connectivity index (χ4n) is 0.994. The summed E-state index contributed by atoms with van der Waals surface area (Å²) in [4.78, 5) is 11.5. The predicted molar refractivity (Wildman–Crippen MR) is 58.5 cm³/mol. The molecule has 0 aromatic heterocycles. The minimum Gasteiger partial charge on any atom is -0.293 e. The lowest BCUT2D eigenvalue weighted by atomic mass is 10.1. The second-order valence-electron chi connectivity index (χ2n) is 2.79. The van der Waals surface area contributed by atoms with Gasteiger partial charge >= 0.3 is 0 Å². The van der Waals surface area contributed by atoms with E-state index in [9.17, 15) is 4.79 Å². The summed E-state index contributed by atoms with van der Waals surface area (Å²) >= 11 is 8.86. The van der Waals surface area contributed by atoms with Crippen molar-refractivity contribution >= 4 is 33.3 Å². The van der Waals surface area contributed by atoms with E-state index in [1.165, 1.54) is 6.07 Å². The monoisotopic (exact) mass is 271 g/mol. The molecule has 0 N–H and O–H groups in total. The first kappa shape index (κ1) is 11.2. The van der Waals surface area contributed by atoms with Gasteiger partial charge in [-0.1, -0.05) is 6.07 Å². The first-order chi connectivity index (χ1) is 6.56. The minimum atomic E-state index is -0.567. The molecule has 0 heterocycles. The van der Waals surface area contributed by atoms with Gasteiger partial charge in [-0.25, -0.2) is 0 Å². The van der Waals surface area contributed by atoms with Gasteiger partial charge in [0.2, 0.25) is 0 Å². The average molecular weight is 273 g/mol. The SMILES string of the molecule is CC(Cl)C(=O)c1ccc(Br)c(C#N)c1. The zero-order valence-electron chi connectivity index (χ0n) is 7.42. The van der Waals surface area contributed by atoms with Crippen molar-refractivity contribution in [2.24, 2.45) is 0 Å². The molecule has 0 bridgehead atoms. The second kappa shape index (κ2) is 4.59. The number of benzene rings is 1. The zero-order chi connectivity index (χ0) is 10.7. The van der Waals surface area contributed by atoms with E-state index >= 15 is 0 Å². The van der Waals surface area contributed by atoms with Crippen molar-refractivity contribution in [2.45, 2.75) is 12.3 Å². The largest absolute Gasteiger partial charge is 0.293 e. The molecule has 0 amide bonds. The second-order valence-corrected chi connectivity index (χ2v) is 4.30. The molecular weight excluding hydrogens is 265 g/mol. The number of carbonyl (C=O) groups is 1. The van der Waals surface area contributed by atoms with Gasteiger partial charge in [0.1, 0.15) is 6.07 Å². The lowest BCUT2D eigenvalue weighted by molar-refractivity contribution is 0.0991. The van der Waals surface area contributed by atoms with Crippen molar-refractivity contribution in [3.05, 3.63) is 33.8 Å². The fraction of sp³-hybridized carbons (Fsp3) is 0.200. The Morgan fingerprint density at radius 2 is 2.29 bits per heavy atom. The van der Waals surface area contributed by atoms with Crippen molar-refractivity contribution in [3.63, 3.8) is 0 Å². The van der Waals surface area contributed by atoms with E-state index in [1.54, 1.807) is 19.1 Å². The van der Waals surface area contributed by atoms with Gasteiger partial charge in [-0.05, 0) is 35.0 Å². The third-order valence-electron chi connectivity index (χ3n) is 1.73. The summed E-state index contributed by atoms with van der Waals surface area (Å²) < 4.78 is 0.679. The van der Waals surface area contributed by atoms with E-state index < -0.39 is 5.38 Å². The summed E-state index contributed by atoms with van der Waals surface area (Å²) in [6, 6.07) is 6.84. The van der Waals surface area contributed by atoms with Crippen molar-refractivity contribution in [1.82, 2.24) is 0 Å². The number of hydrogen-bond acceptors (Lipinski definition) is 2. The third-order valence-corrected chi connectivity index (χ3v) is 2.62. The molecule has 0 aliphatic rings. The van der Waals surface area contributed by atoms with Crippen molar-refractivity contribution < 1.29 is 4.79 Å². The van der Waals surface area contributed by atoms with E-state index in [2.05, 4.69) is 15.9 Å². The van der Waals surface area contributed by atoms with E-state index in [-0.39, 0.29) is 5.78 Å². The summed E-state index contributed by atoms with van der Waals surface area (Å²) in [5, 5.41) is 8.17. The molecule has 1 unspecified atom stereocenters. The number of hydrogen-bond donors (Lipinski definition) is 0. The first-order valence-corrected chi connectivity index (χ1v) is 5.17. The molecule has 72 valence electrons. The number of ketones is 1. The van der Waals surface area contributed by atoms with Crippen LogP contribution >= 0.6 is 27.5 Å². The summed E-state index contributed by atoms with van der Waals surface area (Å²) in [5.74, 6) is -0.171. The summed E-state index contributed by atoms with van der Waals surface area (Å²) in [5.41, 5.74) is 0.903. The normalized spacial score (nSPS) is 11.9. The Morgan fingerprint density at radius 3 is 2.79 bits per heavy atom. The predicted octanol–water partition coefficient (Wildman–Crippen LogP) is 3.13. The van der Waals surface area contributed by atoms with Crippen molar-refractivity contribution in [3.8, 4) is 6.07 Å². The van der Waals surface area contributed by atoms with Crippen LogP contribution in [-0.2, 0) is 0 Å². The molecule has 1 aromatic carbocycles. The first-order valence-electron chi connectivity index (χ1n) is 3.94. The molecule has 4 heteroatoms. The number of nitrogens with zero attached hydrogens (tertiary/aromatic N) is 1. The van der Waals surface area contributed by atoms with Gasteiger partial charge in [-0.3, -0.25) is 4.79 Å². The standard InChI is InChI=1S/C10H7BrClNO/c1-6(12)10(14)7-2-3-9(11)8(4-7)5-13/h2-4,6H,1H3. The number of rotatable bonds is 2. The minimum absolute atomic E-state index is 0.171. The molecule has 0 aliphatic heterocycles. The Labute approximate surface area is 95.6 Å². The molecule has 0 aliphatic carbocycles. The fourth-order valence-corrected chi connectivity index (χ4v) is 1.46. The van der Waals surface area contributed by atoms with Crippen LogP contribution in [0, 0.1) is 11.3 Å². The summed E-state index contributed by atoms with van der Waals surface area (Å²) in [7, 11) is 0.